The van der Waals surface area contributed by atoms with Crippen molar-refractivity contribution in [1.29, 1.82) is 0 Å². The first-order valence-electron chi connectivity index (χ1n) is 6.24. The second-order valence-electron chi connectivity index (χ2n) is 4.50. The van der Waals surface area contributed by atoms with Crippen molar-refractivity contribution < 1.29 is 0 Å². The molecule has 0 radical (unpaired) electrons. The van der Waals surface area contributed by atoms with Crippen molar-refractivity contribution in [3.05, 3.63) is 29.8 Å². The lowest BCUT2D eigenvalue weighted by atomic mass is 9.98. The predicted octanol–water partition coefficient (Wildman–Crippen LogP) is 3.75. The van der Waals surface area contributed by atoms with Crippen molar-refractivity contribution in [3.63, 3.8) is 0 Å². The number of hydrogen-bond acceptors (Lipinski definition) is 2. The maximum atomic E-state index is 2.52. The molecule has 0 N–H and O–H groups in total. The predicted molar refractivity (Wildman–Crippen MR) is 74.7 cm³/mol. The van der Waals surface area contributed by atoms with Gasteiger partial charge in [-0.3, -0.25) is 0 Å². The Labute approximate surface area is 103 Å². The Balaban J connectivity index is 2.14. The zero-order valence-electron chi connectivity index (χ0n) is 10.3. The van der Waals surface area contributed by atoms with Crippen LogP contribution in [0.15, 0.2) is 24.3 Å². The summed E-state index contributed by atoms with van der Waals surface area (Å²) in [5.41, 5.74) is 2.90. The Morgan fingerprint density at radius 1 is 1.31 bits per heavy atom. The van der Waals surface area contributed by atoms with Crippen molar-refractivity contribution in [1.82, 2.24) is 0 Å². The molecule has 0 aliphatic carbocycles. The van der Waals surface area contributed by atoms with Crippen LogP contribution in [-0.2, 0) is 0 Å². The fraction of sp³-hybridized carbons (Fsp3) is 0.571. The van der Waals surface area contributed by atoms with Crippen LogP contribution in [0.3, 0.4) is 0 Å². The minimum Gasteiger partial charge on any atom is -0.370 e. The molecule has 0 bridgehead atoms. The second-order valence-corrected chi connectivity index (χ2v) is 5.73. The maximum absolute atomic E-state index is 2.52. The first-order chi connectivity index (χ1) is 7.81. The normalized spacial score (nSPS) is 18.5. The van der Waals surface area contributed by atoms with Crippen molar-refractivity contribution in [2.75, 3.05) is 29.5 Å². The van der Waals surface area contributed by atoms with Crippen LogP contribution in [0.2, 0.25) is 0 Å². The van der Waals surface area contributed by atoms with E-state index < -0.39 is 0 Å². The fourth-order valence-corrected chi connectivity index (χ4v) is 2.99. The van der Waals surface area contributed by atoms with Crippen LogP contribution in [0, 0.1) is 0 Å². The zero-order chi connectivity index (χ0) is 11.4. The van der Waals surface area contributed by atoms with Crippen LogP contribution < -0.4 is 4.90 Å². The molecule has 1 fully saturated rings. The molecule has 16 heavy (non-hydrogen) atoms. The third-order valence-electron chi connectivity index (χ3n) is 3.43. The lowest BCUT2D eigenvalue weighted by Gasteiger charge is -2.29. The highest BCUT2D eigenvalue weighted by molar-refractivity contribution is 7.99. The molecule has 88 valence electrons. The molecule has 2 heteroatoms. The minimum atomic E-state index is 0.680. The van der Waals surface area contributed by atoms with Gasteiger partial charge < -0.3 is 4.90 Å². The van der Waals surface area contributed by atoms with Crippen LogP contribution in [0.4, 0.5) is 5.69 Å². The van der Waals surface area contributed by atoms with Gasteiger partial charge >= 0.3 is 0 Å². The van der Waals surface area contributed by atoms with E-state index in [-0.39, 0.29) is 0 Å². The van der Waals surface area contributed by atoms with E-state index >= 15 is 0 Å². The summed E-state index contributed by atoms with van der Waals surface area (Å²) < 4.78 is 0. The van der Waals surface area contributed by atoms with Gasteiger partial charge in [0.1, 0.15) is 0 Å². The lowest BCUT2D eigenvalue weighted by Crippen LogP contribution is -2.32. The van der Waals surface area contributed by atoms with Crippen LogP contribution in [0.25, 0.3) is 0 Å². The van der Waals surface area contributed by atoms with Crippen molar-refractivity contribution >= 4 is 17.4 Å². The molecule has 1 aliphatic heterocycles. The molecule has 0 spiro atoms. The molecule has 0 saturated carbocycles. The molecular formula is C14H21NS. The summed E-state index contributed by atoms with van der Waals surface area (Å²) in [6.45, 7) is 6.98. The largest absolute Gasteiger partial charge is 0.370 e. The van der Waals surface area contributed by atoms with E-state index in [2.05, 4.69) is 54.8 Å². The number of nitrogens with zero attached hydrogens (tertiary/aromatic N) is 1. The first kappa shape index (κ1) is 11.8. The molecular weight excluding hydrogens is 214 g/mol. The molecule has 1 atom stereocenters. The quantitative estimate of drug-likeness (QED) is 0.785. The van der Waals surface area contributed by atoms with Gasteiger partial charge in [0.2, 0.25) is 0 Å². The highest BCUT2D eigenvalue weighted by Crippen LogP contribution is 2.25. The molecule has 0 aromatic heterocycles. The first-order valence-corrected chi connectivity index (χ1v) is 7.39. The van der Waals surface area contributed by atoms with Crippen molar-refractivity contribution in [2.45, 2.75) is 26.2 Å². The standard InChI is InChI=1S/C14H21NS/c1-3-12(2)13-5-4-6-14(11-13)15-7-9-16-10-8-15/h4-6,11-12H,3,7-10H2,1-2H3. The van der Waals surface area contributed by atoms with Gasteiger partial charge in [-0.25, -0.2) is 0 Å². The minimum absolute atomic E-state index is 0.680. The zero-order valence-corrected chi connectivity index (χ0v) is 11.1. The van der Waals surface area contributed by atoms with Gasteiger partial charge in [0.15, 0.2) is 0 Å². The number of hydrogen-bond donors (Lipinski definition) is 0. The molecule has 1 nitrogen and oxygen atoms in total. The van der Waals surface area contributed by atoms with Gasteiger partial charge in [-0.1, -0.05) is 26.0 Å². The van der Waals surface area contributed by atoms with Crippen molar-refractivity contribution in [3.8, 4) is 0 Å². The van der Waals surface area contributed by atoms with E-state index in [4.69, 9.17) is 0 Å². The second kappa shape index (κ2) is 5.62. The SMILES string of the molecule is CCC(C)c1cccc(N2CCSCC2)c1. The number of thioether (sulfide) groups is 1. The molecule has 1 aromatic carbocycles. The summed E-state index contributed by atoms with van der Waals surface area (Å²) in [5.74, 6) is 3.22. The monoisotopic (exact) mass is 235 g/mol. The summed E-state index contributed by atoms with van der Waals surface area (Å²) in [4.78, 5) is 2.52. The summed E-state index contributed by atoms with van der Waals surface area (Å²) in [6, 6.07) is 9.10. The third-order valence-corrected chi connectivity index (χ3v) is 4.37. The molecule has 1 unspecified atom stereocenters. The van der Waals surface area contributed by atoms with Gasteiger partial charge in [0.05, 0.1) is 0 Å². The number of rotatable bonds is 3. The molecule has 1 heterocycles. The van der Waals surface area contributed by atoms with Gasteiger partial charge in [0.25, 0.3) is 0 Å². The van der Waals surface area contributed by atoms with Gasteiger partial charge in [-0.2, -0.15) is 11.8 Å². The van der Waals surface area contributed by atoms with Crippen LogP contribution >= 0.6 is 11.8 Å². The molecule has 1 saturated heterocycles. The average Bonchev–Trinajstić information content (AvgIpc) is 2.39. The Bertz CT molecular complexity index is 331. The van der Waals surface area contributed by atoms with Crippen LogP contribution in [0.1, 0.15) is 31.7 Å². The Morgan fingerprint density at radius 3 is 2.75 bits per heavy atom. The lowest BCUT2D eigenvalue weighted by molar-refractivity contribution is 0.732. The highest BCUT2D eigenvalue weighted by Gasteiger charge is 2.12. The number of anilines is 1. The molecule has 2 rings (SSSR count). The fourth-order valence-electron chi connectivity index (χ4n) is 2.09. The van der Waals surface area contributed by atoms with E-state index in [9.17, 15) is 0 Å². The van der Waals surface area contributed by atoms with E-state index in [0.29, 0.717) is 5.92 Å². The Morgan fingerprint density at radius 2 is 2.06 bits per heavy atom. The topological polar surface area (TPSA) is 3.24 Å². The molecule has 0 amide bonds. The van der Waals surface area contributed by atoms with Crippen LogP contribution in [-0.4, -0.2) is 24.6 Å². The molecule has 1 aliphatic rings. The Kier molecular flexibility index (Phi) is 4.16. The van der Waals surface area contributed by atoms with Gasteiger partial charge in [-0.15, -0.1) is 0 Å². The smallest absolute Gasteiger partial charge is 0.0369 e. The summed E-state index contributed by atoms with van der Waals surface area (Å²) >= 11 is 2.07. The highest BCUT2D eigenvalue weighted by atomic mass is 32.2. The summed E-state index contributed by atoms with van der Waals surface area (Å²) in [6.07, 6.45) is 1.22. The van der Waals surface area contributed by atoms with Crippen LogP contribution in [0.5, 0.6) is 0 Å². The average molecular weight is 235 g/mol. The van der Waals surface area contributed by atoms with Gasteiger partial charge in [-0.05, 0) is 30.0 Å². The summed E-state index contributed by atoms with van der Waals surface area (Å²) in [5, 5.41) is 0. The molecule has 1 aromatic rings. The van der Waals surface area contributed by atoms with E-state index in [1.807, 2.05) is 0 Å². The van der Waals surface area contributed by atoms with E-state index in [1.54, 1.807) is 0 Å². The van der Waals surface area contributed by atoms with Gasteiger partial charge in [0, 0.05) is 30.3 Å². The van der Waals surface area contributed by atoms with E-state index in [1.165, 1.54) is 42.3 Å². The maximum Gasteiger partial charge on any atom is 0.0369 e. The summed E-state index contributed by atoms with van der Waals surface area (Å²) in [7, 11) is 0. The third kappa shape index (κ3) is 2.73. The van der Waals surface area contributed by atoms with Crippen molar-refractivity contribution in [2.24, 2.45) is 0 Å². The Hall–Kier alpha value is -0.630. The van der Waals surface area contributed by atoms with E-state index in [0.717, 1.165) is 0 Å². The number of benzene rings is 1.